The van der Waals surface area contributed by atoms with Gasteiger partial charge in [-0.2, -0.15) is 0 Å². The summed E-state index contributed by atoms with van der Waals surface area (Å²) in [6.07, 6.45) is 0.372. The van der Waals surface area contributed by atoms with E-state index in [0.717, 1.165) is 6.08 Å². The quantitative estimate of drug-likeness (QED) is 0.170. The van der Waals surface area contributed by atoms with Gasteiger partial charge in [-0.25, -0.2) is 4.79 Å². The molecule has 7 nitrogen and oxygen atoms in total. The fourth-order valence-electron chi connectivity index (χ4n) is 2.69. The first kappa shape index (κ1) is 28.4. The lowest BCUT2D eigenvalue weighted by molar-refractivity contribution is -0.185. The molecule has 2 atom stereocenters. The molecular formula is C18H40O7Si4. The van der Waals surface area contributed by atoms with Gasteiger partial charge in [0.15, 0.2) is 25.0 Å². The van der Waals surface area contributed by atoms with E-state index in [4.69, 9.17) is 21.8 Å². The van der Waals surface area contributed by atoms with Gasteiger partial charge in [-0.1, -0.05) is 13.5 Å². The SMILES string of the molecule is C=CC(=O)OC(OC(C)=O)C(CC)[Si](O[Si](C)(C)C)(O[Si](C)(C)C)O[Si](C)(C)C. The Morgan fingerprint density at radius 3 is 1.45 bits per heavy atom. The average molecular weight is 481 g/mol. The molecular weight excluding hydrogens is 441 g/mol. The predicted octanol–water partition coefficient (Wildman–Crippen LogP) is 4.88. The van der Waals surface area contributed by atoms with Gasteiger partial charge in [-0.15, -0.1) is 0 Å². The molecule has 0 saturated heterocycles. The number of carbonyl (C=O) groups excluding carboxylic acids is 2. The minimum absolute atomic E-state index is 0.494. The first-order valence-electron chi connectivity index (χ1n) is 9.95. The van der Waals surface area contributed by atoms with Crippen molar-refractivity contribution < 1.29 is 31.4 Å². The normalized spacial score (nSPS) is 15.4. The second-order valence-corrected chi connectivity index (χ2v) is 27.0. The highest BCUT2D eigenvalue weighted by Gasteiger charge is 2.59. The number of esters is 2. The molecule has 0 aromatic rings. The third kappa shape index (κ3) is 11.4. The monoisotopic (exact) mass is 480 g/mol. The maximum absolute atomic E-state index is 12.0. The summed E-state index contributed by atoms with van der Waals surface area (Å²) in [5, 5.41) is 0. The summed E-state index contributed by atoms with van der Waals surface area (Å²) in [6, 6.07) is 0. The van der Waals surface area contributed by atoms with Crippen LogP contribution < -0.4 is 0 Å². The molecule has 0 spiro atoms. The second kappa shape index (κ2) is 10.6. The summed E-state index contributed by atoms with van der Waals surface area (Å²) in [7, 11) is -9.89. The highest BCUT2D eigenvalue weighted by molar-refractivity contribution is 6.90. The molecule has 170 valence electrons. The van der Waals surface area contributed by atoms with Crippen molar-refractivity contribution in [3.63, 3.8) is 0 Å². The van der Waals surface area contributed by atoms with E-state index in [1.807, 2.05) is 6.92 Å². The van der Waals surface area contributed by atoms with Crippen LogP contribution in [0.1, 0.15) is 20.3 Å². The first-order valence-corrected chi connectivity index (χ1v) is 22.0. The summed E-state index contributed by atoms with van der Waals surface area (Å²) >= 11 is 0. The summed E-state index contributed by atoms with van der Waals surface area (Å²) in [5.41, 5.74) is -0.541. The van der Waals surface area contributed by atoms with Crippen molar-refractivity contribution >= 4 is 45.7 Å². The van der Waals surface area contributed by atoms with Crippen molar-refractivity contribution in [3.05, 3.63) is 12.7 Å². The molecule has 11 heteroatoms. The van der Waals surface area contributed by atoms with Crippen molar-refractivity contribution in [1.82, 2.24) is 0 Å². The van der Waals surface area contributed by atoms with E-state index in [-0.39, 0.29) is 0 Å². The molecule has 0 aromatic carbocycles. The summed E-state index contributed by atoms with van der Waals surface area (Å²) in [5.74, 6) is -1.23. The molecule has 0 aliphatic carbocycles. The Hall–Kier alpha value is -0.572. The summed E-state index contributed by atoms with van der Waals surface area (Å²) < 4.78 is 31.0. The number of carbonyl (C=O) groups is 2. The zero-order valence-electron chi connectivity index (χ0n) is 20.0. The maximum Gasteiger partial charge on any atom is 0.480 e. The van der Waals surface area contributed by atoms with E-state index in [9.17, 15) is 9.59 Å². The molecule has 0 aliphatic heterocycles. The highest BCUT2D eigenvalue weighted by Crippen LogP contribution is 2.40. The zero-order valence-corrected chi connectivity index (χ0v) is 24.0. The van der Waals surface area contributed by atoms with Crippen LogP contribution in [0.2, 0.25) is 64.5 Å². The minimum Gasteiger partial charge on any atom is -0.425 e. The molecule has 0 fully saturated rings. The molecule has 0 saturated carbocycles. The maximum atomic E-state index is 12.0. The van der Waals surface area contributed by atoms with Gasteiger partial charge in [0.25, 0.3) is 6.29 Å². The molecule has 0 aliphatic rings. The molecule has 0 radical (unpaired) electrons. The largest absolute Gasteiger partial charge is 0.480 e. The Morgan fingerprint density at radius 1 is 0.828 bits per heavy atom. The smallest absolute Gasteiger partial charge is 0.425 e. The van der Waals surface area contributed by atoms with Crippen LogP contribution in [-0.4, -0.2) is 52.0 Å². The van der Waals surface area contributed by atoms with Crippen molar-refractivity contribution in [3.8, 4) is 0 Å². The minimum atomic E-state index is -3.44. The van der Waals surface area contributed by atoms with Crippen LogP contribution in [-0.2, 0) is 31.4 Å². The number of ether oxygens (including phenoxy) is 2. The molecule has 0 heterocycles. The van der Waals surface area contributed by atoms with Crippen molar-refractivity contribution in [1.29, 1.82) is 0 Å². The van der Waals surface area contributed by atoms with Crippen LogP contribution in [0.15, 0.2) is 12.7 Å². The van der Waals surface area contributed by atoms with E-state index in [1.54, 1.807) is 0 Å². The van der Waals surface area contributed by atoms with Crippen molar-refractivity contribution in [2.24, 2.45) is 0 Å². The van der Waals surface area contributed by atoms with Crippen LogP contribution in [0, 0.1) is 0 Å². The number of hydrogen-bond donors (Lipinski definition) is 0. The van der Waals surface area contributed by atoms with Crippen LogP contribution in [0.3, 0.4) is 0 Å². The van der Waals surface area contributed by atoms with Crippen molar-refractivity contribution in [2.45, 2.75) is 91.0 Å². The van der Waals surface area contributed by atoms with Gasteiger partial charge < -0.3 is 21.8 Å². The van der Waals surface area contributed by atoms with Crippen LogP contribution in [0.25, 0.3) is 0 Å². The Balaban J connectivity index is 6.62. The molecule has 0 N–H and O–H groups in total. The van der Waals surface area contributed by atoms with Gasteiger partial charge in [-0.05, 0) is 65.3 Å². The fraction of sp³-hybridized carbons (Fsp3) is 0.778. The predicted molar refractivity (Wildman–Crippen MR) is 125 cm³/mol. The van der Waals surface area contributed by atoms with E-state index in [2.05, 4.69) is 65.5 Å². The zero-order chi connectivity index (χ0) is 23.3. The average Bonchev–Trinajstić information content (AvgIpc) is 2.40. The third-order valence-electron chi connectivity index (χ3n) is 3.25. The van der Waals surface area contributed by atoms with Gasteiger partial charge in [0.2, 0.25) is 0 Å². The lowest BCUT2D eigenvalue weighted by Crippen LogP contribution is -2.65. The Labute approximate surface area is 180 Å². The topological polar surface area (TPSA) is 80.3 Å². The molecule has 0 bridgehead atoms. The third-order valence-corrected chi connectivity index (χ3v) is 15.6. The highest BCUT2D eigenvalue weighted by atomic mass is 28.5. The van der Waals surface area contributed by atoms with E-state index >= 15 is 0 Å². The molecule has 0 rings (SSSR count). The number of rotatable bonds is 12. The molecule has 0 aromatic heterocycles. The van der Waals surface area contributed by atoms with Gasteiger partial charge >= 0.3 is 20.7 Å². The second-order valence-electron chi connectivity index (χ2n) is 9.88. The van der Waals surface area contributed by atoms with E-state index in [0.29, 0.717) is 6.42 Å². The van der Waals surface area contributed by atoms with E-state index < -0.39 is 57.5 Å². The summed E-state index contributed by atoms with van der Waals surface area (Å²) in [4.78, 5) is 23.8. The summed E-state index contributed by atoms with van der Waals surface area (Å²) in [6.45, 7) is 25.3. The van der Waals surface area contributed by atoms with Crippen LogP contribution >= 0.6 is 0 Å². The van der Waals surface area contributed by atoms with Gasteiger partial charge in [-0.3, -0.25) is 4.79 Å². The standard InChI is InChI=1S/C18H40O7Si4/c1-13-16(18(21-15(3)19)22-17(20)14-2)29(23-26(4,5)6,24-27(7,8)9)25-28(10,11)12/h14,16,18H,2,13H2,1,3-12H3. The molecule has 29 heavy (non-hydrogen) atoms. The van der Waals surface area contributed by atoms with Gasteiger partial charge in [0.1, 0.15) is 5.54 Å². The Bertz CT molecular complexity index is 535. The van der Waals surface area contributed by atoms with Crippen molar-refractivity contribution in [2.75, 3.05) is 0 Å². The fourth-order valence-corrected chi connectivity index (χ4v) is 17.3. The van der Waals surface area contributed by atoms with Crippen LogP contribution in [0.4, 0.5) is 0 Å². The van der Waals surface area contributed by atoms with E-state index in [1.165, 1.54) is 6.92 Å². The lowest BCUT2D eigenvalue weighted by atomic mass is 10.3. The lowest BCUT2D eigenvalue weighted by Gasteiger charge is -2.47. The number of hydrogen-bond acceptors (Lipinski definition) is 7. The van der Waals surface area contributed by atoms with Gasteiger partial charge in [0.05, 0.1) is 0 Å². The Morgan fingerprint density at radius 2 is 1.21 bits per heavy atom. The molecule has 2 unspecified atom stereocenters. The van der Waals surface area contributed by atoms with Crippen LogP contribution in [0.5, 0.6) is 0 Å². The first-order chi connectivity index (χ1) is 12.8. The molecule has 0 amide bonds. The van der Waals surface area contributed by atoms with Gasteiger partial charge in [0, 0.05) is 13.0 Å². The Kier molecular flexibility index (Phi) is 10.4.